The van der Waals surface area contributed by atoms with Crippen LogP contribution in [0.25, 0.3) is 11.6 Å². The Balaban J connectivity index is 2.37. The second-order valence-electron chi connectivity index (χ2n) is 3.72. The zero-order valence-corrected chi connectivity index (χ0v) is 8.51. The Morgan fingerprint density at radius 2 is 1.87 bits per heavy atom. The lowest BCUT2D eigenvalue weighted by Gasteiger charge is -2.10. The highest BCUT2D eigenvalue weighted by atomic mass is 16.5. The molecule has 6 heteroatoms. The third-order valence-electron chi connectivity index (χ3n) is 1.74. The van der Waals surface area contributed by atoms with Crippen molar-refractivity contribution in [2.45, 2.75) is 19.4 Å². The Morgan fingerprint density at radius 3 is 2.40 bits per heavy atom. The first-order valence-corrected chi connectivity index (χ1v) is 4.48. The van der Waals surface area contributed by atoms with Gasteiger partial charge >= 0.3 is 0 Å². The second kappa shape index (κ2) is 3.39. The maximum atomic E-state index is 5.81. The van der Waals surface area contributed by atoms with E-state index < -0.39 is 5.54 Å². The highest BCUT2D eigenvalue weighted by Gasteiger charge is 2.23. The monoisotopic (exact) mass is 205 g/mol. The minimum atomic E-state index is -0.653. The first-order valence-electron chi connectivity index (χ1n) is 4.48. The maximum absolute atomic E-state index is 5.81. The first-order chi connectivity index (χ1) is 7.07. The molecule has 2 N–H and O–H groups in total. The van der Waals surface area contributed by atoms with Crippen molar-refractivity contribution < 1.29 is 4.52 Å². The molecule has 2 rings (SSSR count). The molecule has 0 radical (unpaired) electrons. The minimum Gasteiger partial charge on any atom is -0.337 e. The van der Waals surface area contributed by atoms with Gasteiger partial charge in [0.25, 0.3) is 0 Å². The molecule has 0 atom stereocenters. The Morgan fingerprint density at radius 1 is 1.20 bits per heavy atom. The van der Waals surface area contributed by atoms with E-state index in [1.54, 1.807) is 32.3 Å². The van der Waals surface area contributed by atoms with E-state index in [0.717, 1.165) is 0 Å². The highest BCUT2D eigenvalue weighted by molar-refractivity contribution is 5.40. The van der Waals surface area contributed by atoms with Gasteiger partial charge in [0.1, 0.15) is 0 Å². The Hall–Kier alpha value is -1.82. The van der Waals surface area contributed by atoms with Crippen LogP contribution in [-0.2, 0) is 5.54 Å². The summed E-state index contributed by atoms with van der Waals surface area (Å²) in [4.78, 5) is 12.1. The SMILES string of the molecule is CC(C)(N)c1nc(-c2ncccn2)no1. The molecule has 2 heterocycles. The van der Waals surface area contributed by atoms with Crippen molar-refractivity contribution >= 4 is 0 Å². The van der Waals surface area contributed by atoms with E-state index in [1.807, 2.05) is 0 Å². The van der Waals surface area contributed by atoms with Gasteiger partial charge in [-0.15, -0.1) is 0 Å². The van der Waals surface area contributed by atoms with Crippen LogP contribution in [0.1, 0.15) is 19.7 Å². The van der Waals surface area contributed by atoms with Crippen LogP contribution >= 0.6 is 0 Å². The third kappa shape index (κ3) is 1.99. The zero-order chi connectivity index (χ0) is 10.9. The molecule has 0 spiro atoms. The van der Waals surface area contributed by atoms with Gasteiger partial charge in [-0.25, -0.2) is 9.97 Å². The van der Waals surface area contributed by atoms with Gasteiger partial charge in [0.05, 0.1) is 5.54 Å². The van der Waals surface area contributed by atoms with Gasteiger partial charge in [-0.3, -0.25) is 0 Å². The fraction of sp³-hybridized carbons (Fsp3) is 0.333. The van der Waals surface area contributed by atoms with E-state index in [4.69, 9.17) is 10.3 Å². The summed E-state index contributed by atoms with van der Waals surface area (Å²) in [5, 5.41) is 3.76. The molecule has 78 valence electrons. The molecule has 6 nitrogen and oxygen atoms in total. The Labute approximate surface area is 86.5 Å². The third-order valence-corrected chi connectivity index (χ3v) is 1.74. The smallest absolute Gasteiger partial charge is 0.246 e. The van der Waals surface area contributed by atoms with Crippen molar-refractivity contribution in [3.05, 3.63) is 24.4 Å². The first kappa shape index (κ1) is 9.72. The number of hydrogen-bond donors (Lipinski definition) is 1. The van der Waals surface area contributed by atoms with Gasteiger partial charge in [0.15, 0.2) is 0 Å². The molecule has 0 bridgehead atoms. The lowest BCUT2D eigenvalue weighted by atomic mass is 10.1. The molecule has 0 aliphatic rings. The molecule has 2 aromatic rings. The van der Waals surface area contributed by atoms with Crippen LogP contribution in [0.4, 0.5) is 0 Å². The number of nitrogens with zero attached hydrogens (tertiary/aromatic N) is 4. The van der Waals surface area contributed by atoms with Gasteiger partial charge in [-0.1, -0.05) is 5.16 Å². The molecule has 0 aliphatic carbocycles. The van der Waals surface area contributed by atoms with Gasteiger partial charge < -0.3 is 10.3 Å². The zero-order valence-electron chi connectivity index (χ0n) is 8.51. The molecule has 0 amide bonds. The predicted molar refractivity (Wildman–Crippen MR) is 52.5 cm³/mol. The molecule has 0 aliphatic heterocycles. The van der Waals surface area contributed by atoms with E-state index in [-0.39, 0.29) is 0 Å². The molecular weight excluding hydrogens is 194 g/mol. The molecule has 0 aromatic carbocycles. The van der Waals surface area contributed by atoms with Crippen molar-refractivity contribution in [3.8, 4) is 11.6 Å². The van der Waals surface area contributed by atoms with Gasteiger partial charge in [0.2, 0.25) is 17.5 Å². The van der Waals surface area contributed by atoms with Crippen LogP contribution in [0, 0.1) is 0 Å². The fourth-order valence-corrected chi connectivity index (χ4v) is 0.991. The summed E-state index contributed by atoms with van der Waals surface area (Å²) in [6, 6.07) is 1.72. The second-order valence-corrected chi connectivity index (χ2v) is 3.72. The van der Waals surface area contributed by atoms with Crippen LogP contribution in [0.3, 0.4) is 0 Å². The Bertz CT molecular complexity index is 445. The van der Waals surface area contributed by atoms with Gasteiger partial charge in [-0.2, -0.15) is 4.98 Å². The van der Waals surface area contributed by atoms with Crippen LogP contribution in [0.5, 0.6) is 0 Å². The van der Waals surface area contributed by atoms with Crippen molar-refractivity contribution in [1.29, 1.82) is 0 Å². The molecular formula is C9H11N5O. The predicted octanol–water partition coefficient (Wildman–Crippen LogP) is 0.720. The summed E-state index contributed by atoms with van der Waals surface area (Å²) in [5.74, 6) is 1.14. The average Bonchev–Trinajstić information content (AvgIpc) is 2.67. The van der Waals surface area contributed by atoms with E-state index in [0.29, 0.717) is 17.5 Å². The summed E-state index contributed by atoms with van der Waals surface area (Å²) in [7, 11) is 0. The molecule has 0 saturated carbocycles. The Kier molecular flexibility index (Phi) is 2.20. The van der Waals surface area contributed by atoms with E-state index in [9.17, 15) is 0 Å². The van der Waals surface area contributed by atoms with Crippen LogP contribution in [0.2, 0.25) is 0 Å². The van der Waals surface area contributed by atoms with E-state index in [2.05, 4.69) is 20.1 Å². The van der Waals surface area contributed by atoms with Gasteiger partial charge in [0, 0.05) is 12.4 Å². The van der Waals surface area contributed by atoms with E-state index in [1.165, 1.54) is 0 Å². The lowest BCUT2D eigenvalue weighted by Crippen LogP contribution is -2.29. The average molecular weight is 205 g/mol. The summed E-state index contributed by atoms with van der Waals surface area (Å²) in [6.07, 6.45) is 3.23. The van der Waals surface area contributed by atoms with Crippen LogP contribution in [0.15, 0.2) is 23.0 Å². The molecule has 0 unspecified atom stereocenters. The van der Waals surface area contributed by atoms with Crippen molar-refractivity contribution in [2.24, 2.45) is 5.73 Å². The molecule has 0 fully saturated rings. The van der Waals surface area contributed by atoms with Crippen LogP contribution in [-0.4, -0.2) is 20.1 Å². The summed E-state index contributed by atoms with van der Waals surface area (Å²) >= 11 is 0. The highest BCUT2D eigenvalue weighted by Crippen LogP contribution is 2.17. The summed E-state index contributed by atoms with van der Waals surface area (Å²) in [6.45, 7) is 3.58. The largest absolute Gasteiger partial charge is 0.337 e. The lowest BCUT2D eigenvalue weighted by molar-refractivity contribution is 0.312. The summed E-state index contributed by atoms with van der Waals surface area (Å²) < 4.78 is 5.02. The van der Waals surface area contributed by atoms with E-state index >= 15 is 0 Å². The number of hydrogen-bond acceptors (Lipinski definition) is 6. The molecule has 15 heavy (non-hydrogen) atoms. The number of aromatic nitrogens is 4. The van der Waals surface area contributed by atoms with Crippen molar-refractivity contribution in [3.63, 3.8) is 0 Å². The molecule has 0 saturated heterocycles. The summed E-state index contributed by atoms with van der Waals surface area (Å²) in [5.41, 5.74) is 5.16. The maximum Gasteiger partial charge on any atom is 0.246 e. The topological polar surface area (TPSA) is 90.7 Å². The standard InChI is InChI=1S/C9H11N5O/c1-9(2,10)8-13-7(14-15-8)6-11-4-3-5-12-6/h3-5H,10H2,1-2H3. The minimum absolute atomic E-state index is 0.351. The number of nitrogens with two attached hydrogens (primary N) is 1. The number of rotatable bonds is 2. The molecule has 2 aromatic heterocycles. The van der Waals surface area contributed by atoms with Crippen molar-refractivity contribution in [2.75, 3.05) is 0 Å². The normalized spacial score (nSPS) is 11.7. The quantitative estimate of drug-likeness (QED) is 0.776. The fourth-order valence-electron chi connectivity index (χ4n) is 0.991. The van der Waals surface area contributed by atoms with Crippen molar-refractivity contribution in [1.82, 2.24) is 20.1 Å². The van der Waals surface area contributed by atoms with Crippen LogP contribution < -0.4 is 5.73 Å². The van der Waals surface area contributed by atoms with Gasteiger partial charge in [-0.05, 0) is 19.9 Å².